The lowest BCUT2D eigenvalue weighted by Gasteiger charge is -2.11. The van der Waals surface area contributed by atoms with E-state index in [2.05, 4.69) is 23.9 Å². The molecule has 0 radical (unpaired) electrons. The monoisotopic (exact) mass is 294 g/mol. The quantitative estimate of drug-likeness (QED) is 0.589. The largest absolute Gasteiger partial charge is 0.482 e. The van der Waals surface area contributed by atoms with Gasteiger partial charge in [0.15, 0.2) is 6.61 Å². The van der Waals surface area contributed by atoms with Crippen LogP contribution < -0.4 is 15.8 Å². The van der Waals surface area contributed by atoms with E-state index in [1.807, 2.05) is 0 Å². The van der Waals surface area contributed by atoms with Crippen molar-refractivity contribution in [3.8, 4) is 5.75 Å². The fraction of sp³-hybridized carbons (Fsp3) is 0.467. The summed E-state index contributed by atoms with van der Waals surface area (Å²) < 4.78 is 9.96. The van der Waals surface area contributed by atoms with Crippen molar-refractivity contribution in [2.75, 3.05) is 26.0 Å². The summed E-state index contributed by atoms with van der Waals surface area (Å²) in [7, 11) is 1.29. The minimum absolute atomic E-state index is 0.146. The molecule has 1 aromatic rings. The average Bonchev–Trinajstić information content (AvgIpc) is 2.45. The van der Waals surface area contributed by atoms with Crippen molar-refractivity contribution in [2.45, 2.75) is 20.3 Å². The first kappa shape index (κ1) is 16.8. The number of nitrogen functional groups attached to an aromatic ring is 1. The lowest BCUT2D eigenvalue weighted by molar-refractivity contribution is -0.123. The van der Waals surface area contributed by atoms with E-state index in [4.69, 9.17) is 10.5 Å². The smallest absolute Gasteiger partial charge is 0.337 e. The molecule has 0 atom stereocenters. The Balaban J connectivity index is 2.54. The SMILES string of the molecule is COC(=O)c1ccc(N)c(OCC(=O)NCCC(C)C)c1. The van der Waals surface area contributed by atoms with Crippen molar-refractivity contribution in [3.63, 3.8) is 0 Å². The van der Waals surface area contributed by atoms with E-state index in [9.17, 15) is 9.59 Å². The molecule has 0 aromatic heterocycles. The second-order valence-electron chi connectivity index (χ2n) is 5.07. The van der Waals surface area contributed by atoms with Crippen LogP contribution in [0.15, 0.2) is 18.2 Å². The van der Waals surface area contributed by atoms with Crippen LogP contribution in [0.25, 0.3) is 0 Å². The molecule has 0 aliphatic rings. The predicted octanol–water partition coefficient (Wildman–Crippen LogP) is 1.60. The van der Waals surface area contributed by atoms with Gasteiger partial charge in [-0.3, -0.25) is 4.79 Å². The second kappa shape index (κ2) is 8.14. The van der Waals surface area contributed by atoms with Gasteiger partial charge >= 0.3 is 5.97 Å². The first-order valence-electron chi connectivity index (χ1n) is 6.81. The molecule has 116 valence electrons. The summed E-state index contributed by atoms with van der Waals surface area (Å²) in [4.78, 5) is 23.0. The highest BCUT2D eigenvalue weighted by atomic mass is 16.5. The highest BCUT2D eigenvalue weighted by molar-refractivity contribution is 5.90. The number of amides is 1. The number of benzene rings is 1. The number of ether oxygens (including phenoxy) is 2. The van der Waals surface area contributed by atoms with Crippen molar-refractivity contribution in [1.82, 2.24) is 5.32 Å². The molecule has 1 amide bonds. The van der Waals surface area contributed by atoms with E-state index in [0.29, 0.717) is 23.7 Å². The summed E-state index contributed by atoms with van der Waals surface area (Å²) in [5.74, 6) is 0.107. The normalized spacial score (nSPS) is 10.3. The molecule has 0 aliphatic heterocycles. The number of nitrogens with one attached hydrogen (secondary N) is 1. The lowest BCUT2D eigenvalue weighted by Crippen LogP contribution is -2.30. The average molecular weight is 294 g/mol. The van der Waals surface area contributed by atoms with E-state index in [0.717, 1.165) is 6.42 Å². The Bertz CT molecular complexity index is 500. The van der Waals surface area contributed by atoms with Crippen LogP contribution in [0.3, 0.4) is 0 Å². The zero-order valence-electron chi connectivity index (χ0n) is 12.6. The van der Waals surface area contributed by atoms with Crippen molar-refractivity contribution in [3.05, 3.63) is 23.8 Å². The molecule has 0 saturated heterocycles. The van der Waals surface area contributed by atoms with Gasteiger partial charge in [-0.15, -0.1) is 0 Å². The molecular formula is C15H22N2O4. The van der Waals surface area contributed by atoms with Gasteiger partial charge in [-0.1, -0.05) is 13.8 Å². The number of hydrogen-bond acceptors (Lipinski definition) is 5. The third-order valence-electron chi connectivity index (χ3n) is 2.84. The Morgan fingerprint density at radius 1 is 1.33 bits per heavy atom. The Morgan fingerprint density at radius 2 is 2.05 bits per heavy atom. The van der Waals surface area contributed by atoms with Gasteiger partial charge in [0.2, 0.25) is 0 Å². The molecule has 0 heterocycles. The van der Waals surface area contributed by atoms with Crippen molar-refractivity contribution in [2.24, 2.45) is 5.92 Å². The molecule has 0 spiro atoms. The maximum Gasteiger partial charge on any atom is 0.337 e. The van der Waals surface area contributed by atoms with E-state index in [-0.39, 0.29) is 18.3 Å². The topological polar surface area (TPSA) is 90.7 Å². The number of esters is 1. The molecule has 0 unspecified atom stereocenters. The molecule has 6 nitrogen and oxygen atoms in total. The molecule has 0 aliphatic carbocycles. The first-order valence-corrected chi connectivity index (χ1v) is 6.81. The van der Waals surface area contributed by atoms with Crippen LogP contribution in [0.2, 0.25) is 0 Å². The highest BCUT2D eigenvalue weighted by Crippen LogP contribution is 2.23. The molecule has 1 aromatic carbocycles. The summed E-state index contributed by atoms with van der Waals surface area (Å²) >= 11 is 0. The summed E-state index contributed by atoms with van der Waals surface area (Å²) in [5, 5.41) is 2.76. The van der Waals surface area contributed by atoms with Gasteiger partial charge in [-0.05, 0) is 30.5 Å². The molecule has 0 fully saturated rings. The molecule has 0 bridgehead atoms. The summed E-state index contributed by atoms with van der Waals surface area (Å²) in [6.07, 6.45) is 0.908. The number of hydrogen-bond donors (Lipinski definition) is 2. The Kier molecular flexibility index (Phi) is 6.52. The number of methoxy groups -OCH3 is 1. The predicted molar refractivity (Wildman–Crippen MR) is 80.2 cm³/mol. The molecule has 3 N–H and O–H groups in total. The van der Waals surface area contributed by atoms with E-state index < -0.39 is 5.97 Å². The van der Waals surface area contributed by atoms with E-state index in [1.165, 1.54) is 25.3 Å². The number of rotatable bonds is 7. The van der Waals surface area contributed by atoms with Crippen LogP contribution in [-0.4, -0.2) is 32.1 Å². The van der Waals surface area contributed by atoms with Crippen LogP contribution in [0.5, 0.6) is 5.75 Å². The molecule has 21 heavy (non-hydrogen) atoms. The maximum absolute atomic E-state index is 11.6. The molecule has 6 heteroatoms. The minimum atomic E-state index is -0.485. The van der Waals surface area contributed by atoms with Gasteiger partial charge in [0.25, 0.3) is 5.91 Å². The third kappa shape index (κ3) is 5.72. The maximum atomic E-state index is 11.6. The van der Waals surface area contributed by atoms with Crippen molar-refractivity contribution in [1.29, 1.82) is 0 Å². The number of nitrogens with two attached hydrogens (primary N) is 1. The third-order valence-corrected chi connectivity index (χ3v) is 2.84. The van der Waals surface area contributed by atoms with Gasteiger partial charge in [0.05, 0.1) is 18.4 Å². The van der Waals surface area contributed by atoms with Crippen LogP contribution in [0.4, 0.5) is 5.69 Å². The summed E-state index contributed by atoms with van der Waals surface area (Å²) in [5.41, 5.74) is 6.43. The second-order valence-corrected chi connectivity index (χ2v) is 5.07. The Morgan fingerprint density at radius 3 is 2.67 bits per heavy atom. The van der Waals surface area contributed by atoms with Crippen LogP contribution in [0, 0.1) is 5.92 Å². The minimum Gasteiger partial charge on any atom is -0.482 e. The zero-order chi connectivity index (χ0) is 15.8. The standard InChI is InChI=1S/C15H22N2O4/c1-10(2)6-7-17-14(18)9-21-13-8-11(15(19)20-3)4-5-12(13)16/h4-5,8,10H,6-7,9,16H2,1-3H3,(H,17,18). The van der Waals surface area contributed by atoms with E-state index >= 15 is 0 Å². The number of carbonyl (C=O) groups is 2. The molecule has 1 rings (SSSR count). The summed E-state index contributed by atoms with van der Waals surface area (Å²) in [6.45, 7) is 4.63. The van der Waals surface area contributed by atoms with Crippen LogP contribution in [-0.2, 0) is 9.53 Å². The van der Waals surface area contributed by atoms with Gasteiger partial charge < -0.3 is 20.5 Å². The first-order chi connectivity index (χ1) is 9.93. The Labute approximate surface area is 124 Å². The van der Waals surface area contributed by atoms with Gasteiger partial charge in [-0.2, -0.15) is 0 Å². The molecule has 0 saturated carbocycles. The zero-order valence-corrected chi connectivity index (χ0v) is 12.6. The molecular weight excluding hydrogens is 272 g/mol. The van der Waals surface area contributed by atoms with Gasteiger partial charge in [-0.25, -0.2) is 4.79 Å². The van der Waals surface area contributed by atoms with E-state index in [1.54, 1.807) is 0 Å². The van der Waals surface area contributed by atoms with Crippen LogP contribution in [0.1, 0.15) is 30.6 Å². The fourth-order valence-electron chi connectivity index (χ4n) is 1.60. The lowest BCUT2D eigenvalue weighted by atomic mass is 10.1. The van der Waals surface area contributed by atoms with Gasteiger partial charge in [0.1, 0.15) is 5.75 Å². The van der Waals surface area contributed by atoms with Crippen molar-refractivity contribution >= 4 is 17.6 Å². The van der Waals surface area contributed by atoms with Crippen LogP contribution >= 0.6 is 0 Å². The number of anilines is 1. The van der Waals surface area contributed by atoms with Gasteiger partial charge in [0, 0.05) is 6.54 Å². The fourth-order valence-corrected chi connectivity index (χ4v) is 1.60. The Hall–Kier alpha value is -2.24. The van der Waals surface area contributed by atoms with Crippen molar-refractivity contribution < 1.29 is 19.1 Å². The highest BCUT2D eigenvalue weighted by Gasteiger charge is 2.10. The number of carbonyl (C=O) groups excluding carboxylic acids is 2. The summed E-state index contributed by atoms with van der Waals surface area (Å²) in [6, 6.07) is 4.54.